The molecule has 0 radical (unpaired) electrons. The van der Waals surface area contributed by atoms with Gasteiger partial charge in [-0.1, -0.05) is 23.2 Å². The minimum absolute atomic E-state index is 0.305. The van der Waals surface area contributed by atoms with E-state index in [0.29, 0.717) is 22.3 Å². The highest BCUT2D eigenvalue weighted by molar-refractivity contribution is 7.90. The van der Waals surface area contributed by atoms with Crippen LogP contribution in [0.4, 0.5) is 5.69 Å². The van der Waals surface area contributed by atoms with E-state index in [0.717, 1.165) is 13.0 Å². The van der Waals surface area contributed by atoms with Crippen molar-refractivity contribution < 1.29 is 8.42 Å². The van der Waals surface area contributed by atoms with Gasteiger partial charge in [0.05, 0.1) is 15.7 Å². The fourth-order valence-electron chi connectivity index (χ4n) is 1.39. The van der Waals surface area contributed by atoms with Crippen LogP contribution in [-0.2, 0) is 10.2 Å². The van der Waals surface area contributed by atoms with Crippen LogP contribution in [0.2, 0.25) is 10.0 Å². The molecular formula is C11H17Cl2N3O2S. The summed E-state index contributed by atoms with van der Waals surface area (Å²) in [7, 11) is -0.224. The Morgan fingerprint density at radius 3 is 2.53 bits per heavy atom. The largest absolute Gasteiger partial charge is 0.320 e. The van der Waals surface area contributed by atoms with Crippen LogP contribution < -0.4 is 10.0 Å². The Morgan fingerprint density at radius 1 is 1.26 bits per heavy atom. The molecule has 0 amide bonds. The van der Waals surface area contributed by atoms with E-state index in [1.165, 1.54) is 17.4 Å². The fourth-order valence-corrected chi connectivity index (χ4v) is 2.63. The number of anilines is 1. The van der Waals surface area contributed by atoms with E-state index in [1.807, 2.05) is 7.05 Å². The molecule has 0 atom stereocenters. The van der Waals surface area contributed by atoms with Gasteiger partial charge in [-0.15, -0.1) is 0 Å². The van der Waals surface area contributed by atoms with E-state index in [4.69, 9.17) is 23.2 Å². The molecule has 108 valence electrons. The predicted molar refractivity (Wildman–Crippen MR) is 80.2 cm³/mol. The summed E-state index contributed by atoms with van der Waals surface area (Å²) >= 11 is 11.6. The van der Waals surface area contributed by atoms with E-state index >= 15 is 0 Å². The summed E-state index contributed by atoms with van der Waals surface area (Å²) in [5.74, 6) is 0. The van der Waals surface area contributed by atoms with E-state index in [9.17, 15) is 8.42 Å². The first-order chi connectivity index (χ1) is 8.86. The van der Waals surface area contributed by atoms with Crippen molar-refractivity contribution in [1.82, 2.24) is 9.62 Å². The number of rotatable bonds is 7. The van der Waals surface area contributed by atoms with Crippen molar-refractivity contribution in [3.8, 4) is 0 Å². The maximum atomic E-state index is 12.0. The zero-order valence-corrected chi connectivity index (χ0v) is 13.1. The quantitative estimate of drug-likeness (QED) is 0.755. The van der Waals surface area contributed by atoms with Crippen molar-refractivity contribution >= 4 is 39.1 Å². The Kier molecular flexibility index (Phi) is 6.35. The van der Waals surface area contributed by atoms with Crippen LogP contribution in [0.25, 0.3) is 0 Å². The molecule has 0 unspecified atom stereocenters. The Bertz CT molecular complexity index is 523. The molecule has 0 aliphatic carbocycles. The standard InChI is InChI=1S/C11H17Cl2N3O2S/c1-14-6-3-7-16(2)19(17,18)15-9-4-5-10(12)11(13)8-9/h4-5,8,14-15H,3,6-7H2,1-2H3. The van der Waals surface area contributed by atoms with Crippen LogP contribution >= 0.6 is 23.2 Å². The van der Waals surface area contributed by atoms with Crippen molar-refractivity contribution in [3.63, 3.8) is 0 Å². The van der Waals surface area contributed by atoms with Gasteiger partial charge in [0.25, 0.3) is 0 Å². The number of hydrogen-bond acceptors (Lipinski definition) is 3. The second kappa shape index (κ2) is 7.31. The molecule has 8 heteroatoms. The zero-order valence-electron chi connectivity index (χ0n) is 10.8. The van der Waals surface area contributed by atoms with Gasteiger partial charge in [-0.25, -0.2) is 0 Å². The average Bonchev–Trinajstić information content (AvgIpc) is 2.33. The molecule has 0 saturated carbocycles. The SMILES string of the molecule is CNCCCN(C)S(=O)(=O)Nc1ccc(Cl)c(Cl)c1. The van der Waals surface area contributed by atoms with E-state index in [1.54, 1.807) is 12.1 Å². The lowest BCUT2D eigenvalue weighted by molar-refractivity contribution is 0.462. The number of nitrogens with zero attached hydrogens (tertiary/aromatic N) is 1. The molecule has 0 heterocycles. The summed E-state index contributed by atoms with van der Waals surface area (Å²) in [5, 5.41) is 3.65. The summed E-state index contributed by atoms with van der Waals surface area (Å²) < 4.78 is 27.7. The van der Waals surface area contributed by atoms with Gasteiger partial charge in [-0.2, -0.15) is 12.7 Å². The summed E-state index contributed by atoms with van der Waals surface area (Å²) in [6.45, 7) is 1.18. The van der Waals surface area contributed by atoms with Crippen LogP contribution in [0.1, 0.15) is 6.42 Å². The van der Waals surface area contributed by atoms with Gasteiger partial charge in [-0.3, -0.25) is 4.72 Å². The smallest absolute Gasteiger partial charge is 0.301 e. The normalized spacial score (nSPS) is 11.8. The molecule has 0 spiro atoms. The number of hydrogen-bond donors (Lipinski definition) is 2. The third kappa shape index (κ3) is 5.16. The van der Waals surface area contributed by atoms with Gasteiger partial charge in [-0.05, 0) is 38.2 Å². The first kappa shape index (κ1) is 16.5. The Hall–Kier alpha value is -0.530. The van der Waals surface area contributed by atoms with Gasteiger partial charge in [0.2, 0.25) is 0 Å². The van der Waals surface area contributed by atoms with Crippen molar-refractivity contribution in [2.75, 3.05) is 31.9 Å². The molecule has 1 rings (SSSR count). The third-order valence-electron chi connectivity index (χ3n) is 2.48. The van der Waals surface area contributed by atoms with Gasteiger partial charge < -0.3 is 5.32 Å². The predicted octanol–water partition coefficient (Wildman–Crippen LogP) is 2.19. The van der Waals surface area contributed by atoms with Gasteiger partial charge in [0.15, 0.2) is 0 Å². The molecule has 19 heavy (non-hydrogen) atoms. The van der Waals surface area contributed by atoms with Crippen molar-refractivity contribution in [2.45, 2.75) is 6.42 Å². The van der Waals surface area contributed by atoms with Crippen molar-refractivity contribution in [3.05, 3.63) is 28.2 Å². The maximum Gasteiger partial charge on any atom is 0.301 e. The monoisotopic (exact) mass is 325 g/mol. The topological polar surface area (TPSA) is 61.4 Å². The van der Waals surface area contributed by atoms with Crippen molar-refractivity contribution in [2.24, 2.45) is 0 Å². The van der Waals surface area contributed by atoms with Crippen LogP contribution in [0.15, 0.2) is 18.2 Å². The van der Waals surface area contributed by atoms with Crippen LogP contribution in [0.3, 0.4) is 0 Å². The van der Waals surface area contributed by atoms with Crippen molar-refractivity contribution in [1.29, 1.82) is 0 Å². The lowest BCUT2D eigenvalue weighted by Crippen LogP contribution is -2.34. The third-order valence-corrected chi connectivity index (χ3v) is 4.71. The van der Waals surface area contributed by atoms with Gasteiger partial charge in [0.1, 0.15) is 0 Å². The molecule has 0 saturated heterocycles. The first-order valence-corrected chi connectivity index (χ1v) is 7.90. The Balaban J connectivity index is 2.70. The molecule has 5 nitrogen and oxygen atoms in total. The van der Waals surface area contributed by atoms with E-state index in [-0.39, 0.29) is 0 Å². The maximum absolute atomic E-state index is 12.0. The highest BCUT2D eigenvalue weighted by Crippen LogP contribution is 2.25. The summed E-state index contributed by atoms with van der Waals surface area (Å²) in [5.41, 5.74) is 0.384. The molecule has 2 N–H and O–H groups in total. The Labute approximate surface area is 124 Å². The molecule has 0 fully saturated rings. The first-order valence-electron chi connectivity index (χ1n) is 5.70. The fraction of sp³-hybridized carbons (Fsp3) is 0.455. The molecule has 0 aliphatic rings. The van der Waals surface area contributed by atoms with E-state index < -0.39 is 10.2 Å². The Morgan fingerprint density at radius 2 is 1.95 bits per heavy atom. The minimum Gasteiger partial charge on any atom is -0.320 e. The highest BCUT2D eigenvalue weighted by Gasteiger charge is 2.17. The molecule has 1 aromatic carbocycles. The zero-order chi connectivity index (χ0) is 14.5. The molecule has 1 aromatic rings. The van der Waals surface area contributed by atoms with E-state index in [2.05, 4.69) is 10.0 Å². The lowest BCUT2D eigenvalue weighted by atomic mass is 10.3. The van der Waals surface area contributed by atoms with Crippen LogP contribution in [0.5, 0.6) is 0 Å². The molecular weight excluding hydrogens is 309 g/mol. The van der Waals surface area contributed by atoms with Gasteiger partial charge in [0, 0.05) is 13.6 Å². The molecule has 0 aromatic heterocycles. The number of halogens is 2. The highest BCUT2D eigenvalue weighted by atomic mass is 35.5. The number of nitrogens with one attached hydrogen (secondary N) is 2. The molecule has 0 bridgehead atoms. The minimum atomic E-state index is -3.57. The lowest BCUT2D eigenvalue weighted by Gasteiger charge is -2.18. The second-order valence-corrected chi connectivity index (χ2v) is 6.61. The summed E-state index contributed by atoms with van der Waals surface area (Å²) in [6.07, 6.45) is 0.731. The average molecular weight is 326 g/mol. The van der Waals surface area contributed by atoms with Gasteiger partial charge >= 0.3 is 10.2 Å². The van der Waals surface area contributed by atoms with Crippen LogP contribution in [0, 0.1) is 0 Å². The molecule has 0 aliphatic heterocycles. The van der Waals surface area contributed by atoms with Crippen LogP contribution in [-0.4, -0.2) is 39.9 Å². The second-order valence-electron chi connectivity index (χ2n) is 4.01. The summed E-state index contributed by atoms with van der Waals surface area (Å²) in [4.78, 5) is 0. The summed E-state index contributed by atoms with van der Waals surface area (Å²) in [6, 6.07) is 4.58. The number of benzene rings is 1.